The molecule has 8 nitrogen and oxygen atoms in total. The highest BCUT2D eigenvalue weighted by atomic mass is 79.9. The van der Waals surface area contributed by atoms with Crippen LogP contribution in [0.5, 0.6) is 5.75 Å². The van der Waals surface area contributed by atoms with Gasteiger partial charge in [0.15, 0.2) is 17.4 Å². The van der Waals surface area contributed by atoms with Crippen LogP contribution in [0.4, 0.5) is 19.0 Å². The molecule has 0 saturated carbocycles. The second-order valence-corrected chi connectivity index (χ2v) is 11.7. The molecule has 1 aromatic carbocycles. The van der Waals surface area contributed by atoms with Crippen molar-refractivity contribution in [3.8, 4) is 5.75 Å². The second-order valence-electron chi connectivity index (χ2n) is 10.5. The Kier molecular flexibility index (Phi) is 6.69. The van der Waals surface area contributed by atoms with Gasteiger partial charge in [0.05, 0.1) is 21.3 Å². The predicted molar refractivity (Wildman–Crippen MR) is 147 cm³/mol. The summed E-state index contributed by atoms with van der Waals surface area (Å²) in [6.07, 6.45) is -1.75. The van der Waals surface area contributed by atoms with Crippen LogP contribution in [0.3, 0.4) is 0 Å². The molecule has 1 aliphatic heterocycles. The Balaban J connectivity index is 1.44. The van der Waals surface area contributed by atoms with Crippen molar-refractivity contribution in [2.24, 2.45) is 17.8 Å². The number of carbonyl (C=O) groups is 4. The van der Waals surface area contributed by atoms with Gasteiger partial charge in [-0.3, -0.25) is 24.2 Å². The summed E-state index contributed by atoms with van der Waals surface area (Å²) in [6.45, 7) is 0. The second kappa shape index (κ2) is 9.91. The first-order valence-electron chi connectivity index (χ1n) is 12.8. The molecular formula is C29H20BrClF3N3O5. The van der Waals surface area contributed by atoms with E-state index in [0.29, 0.717) is 17.2 Å². The number of nitrogens with zero attached hydrogens (tertiary/aromatic N) is 3. The number of ketones is 2. The van der Waals surface area contributed by atoms with Crippen LogP contribution >= 0.6 is 27.5 Å². The molecule has 2 aromatic rings. The summed E-state index contributed by atoms with van der Waals surface area (Å²) in [5, 5.41) is 12.2. The highest BCUT2D eigenvalue weighted by Gasteiger charge is 2.58. The standard InChI is InChI=1S/C29H20BrClF3N3O5/c1-36(26-18(31)8-9-21(35-26)29(32,33)34)37-27(41)14-7-6-12-15(23(14)28(37)42)10-16-24(20(39)11-17(30)25(16)40)22(12)13-4-2-3-5-19(13)38/h2-6,8-9,11,14-15,22-23,38H,7,10H2,1H3. The number of hydrazine groups is 1. The Hall–Kier alpha value is -3.77. The van der Waals surface area contributed by atoms with Crippen molar-refractivity contribution in [2.45, 2.75) is 24.9 Å². The first-order chi connectivity index (χ1) is 19.8. The molecule has 1 aromatic heterocycles. The minimum atomic E-state index is -4.79. The summed E-state index contributed by atoms with van der Waals surface area (Å²) in [5.41, 5.74) is 0.129. The third-order valence-corrected chi connectivity index (χ3v) is 9.16. The van der Waals surface area contributed by atoms with Gasteiger partial charge in [-0.05, 0) is 52.9 Å². The third kappa shape index (κ3) is 4.22. The van der Waals surface area contributed by atoms with E-state index in [2.05, 4.69) is 20.9 Å². The number of amides is 2. The number of benzene rings is 1. The van der Waals surface area contributed by atoms with E-state index in [4.69, 9.17) is 11.6 Å². The Labute approximate surface area is 250 Å². The van der Waals surface area contributed by atoms with Crippen molar-refractivity contribution in [3.05, 3.63) is 86.0 Å². The number of phenols is 1. The molecule has 13 heteroatoms. The minimum Gasteiger partial charge on any atom is -0.508 e. The maximum Gasteiger partial charge on any atom is 0.433 e. The molecule has 1 saturated heterocycles. The molecule has 4 aliphatic rings. The van der Waals surface area contributed by atoms with E-state index in [0.717, 1.165) is 16.1 Å². The van der Waals surface area contributed by atoms with E-state index in [1.165, 1.54) is 19.2 Å². The molecule has 216 valence electrons. The van der Waals surface area contributed by atoms with Gasteiger partial charge in [0.25, 0.3) is 11.8 Å². The number of anilines is 1. The number of Topliss-reactive ketones (excluding diaryl/α,β-unsaturated/α-hetero) is 1. The average molecular weight is 663 g/mol. The van der Waals surface area contributed by atoms with Crippen LogP contribution in [-0.2, 0) is 25.4 Å². The fraction of sp³-hybridized carbons (Fsp3) is 0.276. The molecule has 1 fully saturated rings. The highest BCUT2D eigenvalue weighted by molar-refractivity contribution is 9.12. The largest absolute Gasteiger partial charge is 0.508 e. The summed E-state index contributed by atoms with van der Waals surface area (Å²) in [5.74, 6) is -6.13. The van der Waals surface area contributed by atoms with E-state index in [9.17, 15) is 37.5 Å². The highest BCUT2D eigenvalue weighted by Crippen LogP contribution is 2.56. The van der Waals surface area contributed by atoms with Gasteiger partial charge in [-0.15, -0.1) is 0 Å². The van der Waals surface area contributed by atoms with Crippen LogP contribution < -0.4 is 5.01 Å². The van der Waals surface area contributed by atoms with Gasteiger partial charge in [0.1, 0.15) is 11.4 Å². The Bertz CT molecular complexity index is 1700. The van der Waals surface area contributed by atoms with Gasteiger partial charge < -0.3 is 5.11 Å². The molecule has 4 atom stereocenters. The zero-order valence-corrected chi connectivity index (χ0v) is 24.0. The fourth-order valence-electron chi connectivity index (χ4n) is 6.48. The van der Waals surface area contributed by atoms with Crippen molar-refractivity contribution in [3.63, 3.8) is 0 Å². The summed E-state index contributed by atoms with van der Waals surface area (Å²) in [6, 6.07) is 8.07. The number of imide groups is 1. The molecule has 2 heterocycles. The van der Waals surface area contributed by atoms with Gasteiger partial charge in [0, 0.05) is 35.8 Å². The van der Waals surface area contributed by atoms with Crippen LogP contribution in [0.2, 0.25) is 5.02 Å². The zero-order valence-electron chi connectivity index (χ0n) is 21.7. The first-order valence-corrected chi connectivity index (χ1v) is 14.0. The number of aromatic hydroxyl groups is 1. The topological polar surface area (TPSA) is 108 Å². The molecule has 6 rings (SSSR count). The number of pyridine rings is 1. The van der Waals surface area contributed by atoms with Gasteiger partial charge in [-0.1, -0.05) is 41.4 Å². The molecule has 42 heavy (non-hydrogen) atoms. The van der Waals surface area contributed by atoms with E-state index in [1.54, 1.807) is 24.3 Å². The maximum atomic E-state index is 14.0. The fourth-order valence-corrected chi connectivity index (χ4v) is 7.16. The minimum absolute atomic E-state index is 0.0148. The SMILES string of the molecule is CN(c1nc(C(F)(F)F)ccc1Cl)N1C(=O)C2CC=C3C(c4ccccc4O)C4=C(CC3C2C1=O)C(=O)C(Br)=CC4=O. The Morgan fingerprint density at radius 1 is 1.07 bits per heavy atom. The average Bonchev–Trinajstić information content (AvgIpc) is 3.20. The lowest BCUT2D eigenvalue weighted by molar-refractivity contribution is -0.141. The number of phenolic OH excluding ortho intramolecular Hbond substituents is 1. The van der Waals surface area contributed by atoms with Gasteiger partial charge in [-0.2, -0.15) is 18.2 Å². The number of halogens is 5. The number of para-hydroxylation sites is 1. The normalized spacial score (nSPS) is 25.6. The molecule has 4 unspecified atom stereocenters. The Morgan fingerprint density at radius 2 is 1.79 bits per heavy atom. The smallest absolute Gasteiger partial charge is 0.433 e. The first kappa shape index (κ1) is 28.4. The van der Waals surface area contributed by atoms with Gasteiger partial charge in [0.2, 0.25) is 0 Å². The number of carbonyl (C=O) groups excluding carboxylic acids is 4. The third-order valence-electron chi connectivity index (χ3n) is 8.28. The van der Waals surface area contributed by atoms with E-state index < -0.39 is 64.7 Å². The monoisotopic (exact) mass is 661 g/mol. The van der Waals surface area contributed by atoms with Crippen LogP contribution in [0.1, 0.15) is 30.0 Å². The zero-order chi connectivity index (χ0) is 30.2. The number of hydrogen-bond donors (Lipinski definition) is 1. The van der Waals surface area contributed by atoms with Gasteiger partial charge in [-0.25, -0.2) is 4.98 Å². The lowest BCUT2D eigenvalue weighted by atomic mass is 9.59. The number of aromatic nitrogens is 1. The molecule has 0 bridgehead atoms. The van der Waals surface area contributed by atoms with Crippen molar-refractivity contribution < 1.29 is 37.5 Å². The predicted octanol–water partition coefficient (Wildman–Crippen LogP) is 5.27. The van der Waals surface area contributed by atoms with Crippen LogP contribution in [0.25, 0.3) is 0 Å². The number of allylic oxidation sites excluding steroid dienone is 6. The lowest BCUT2D eigenvalue weighted by Gasteiger charge is -2.42. The summed E-state index contributed by atoms with van der Waals surface area (Å²) in [7, 11) is 1.23. The molecule has 2 amide bonds. The van der Waals surface area contributed by atoms with E-state index >= 15 is 0 Å². The molecular weight excluding hydrogens is 643 g/mol. The van der Waals surface area contributed by atoms with E-state index in [1.807, 2.05) is 0 Å². The summed E-state index contributed by atoms with van der Waals surface area (Å²) >= 11 is 9.31. The lowest BCUT2D eigenvalue weighted by Crippen LogP contribution is -2.46. The molecule has 0 radical (unpaired) electrons. The number of rotatable bonds is 3. The number of hydrogen-bond acceptors (Lipinski definition) is 7. The summed E-state index contributed by atoms with van der Waals surface area (Å²) in [4.78, 5) is 57.8. The van der Waals surface area contributed by atoms with Crippen LogP contribution in [-0.4, -0.2) is 45.5 Å². The number of alkyl halides is 3. The van der Waals surface area contributed by atoms with E-state index in [-0.39, 0.29) is 39.2 Å². The van der Waals surface area contributed by atoms with Crippen LogP contribution in [0.15, 0.2) is 69.8 Å². The molecule has 0 spiro atoms. The Morgan fingerprint density at radius 3 is 2.48 bits per heavy atom. The quantitative estimate of drug-likeness (QED) is 0.271. The van der Waals surface area contributed by atoms with Crippen molar-refractivity contribution in [2.75, 3.05) is 12.1 Å². The maximum absolute atomic E-state index is 14.0. The van der Waals surface area contributed by atoms with Crippen molar-refractivity contribution in [1.82, 2.24) is 9.99 Å². The van der Waals surface area contributed by atoms with Crippen LogP contribution in [0, 0.1) is 17.8 Å². The van der Waals surface area contributed by atoms with Gasteiger partial charge >= 0.3 is 6.18 Å². The number of fused-ring (bicyclic) bond motifs is 3. The van der Waals surface area contributed by atoms with Crippen molar-refractivity contribution >= 4 is 56.7 Å². The summed E-state index contributed by atoms with van der Waals surface area (Å²) < 4.78 is 40.2. The molecule has 3 aliphatic carbocycles. The van der Waals surface area contributed by atoms with Crippen molar-refractivity contribution in [1.29, 1.82) is 0 Å². The molecule has 1 N–H and O–H groups in total.